The van der Waals surface area contributed by atoms with Crippen molar-refractivity contribution < 1.29 is 21.6 Å². The van der Waals surface area contributed by atoms with Crippen molar-refractivity contribution in [1.29, 1.82) is 0 Å². The Morgan fingerprint density at radius 1 is 1.05 bits per heavy atom. The van der Waals surface area contributed by atoms with Crippen molar-refractivity contribution in [3.8, 4) is 5.75 Å². The molecule has 4 rings (SSSR count). The average Bonchev–Trinajstić information content (AvgIpc) is 3.38. The van der Waals surface area contributed by atoms with Crippen LogP contribution in [0.3, 0.4) is 0 Å². The number of primary sulfonamides is 1. The smallest absolute Gasteiger partial charge is 0.285 e. The van der Waals surface area contributed by atoms with Crippen molar-refractivity contribution in [2.75, 3.05) is 19.4 Å². The second-order valence-electron chi connectivity index (χ2n) is 9.93. The van der Waals surface area contributed by atoms with E-state index in [-0.39, 0.29) is 29.2 Å². The van der Waals surface area contributed by atoms with Crippen LogP contribution in [0, 0.1) is 5.92 Å². The van der Waals surface area contributed by atoms with Gasteiger partial charge in [0.25, 0.3) is 10.0 Å². The Hall–Kier alpha value is -3.45. The van der Waals surface area contributed by atoms with Gasteiger partial charge in [-0.3, -0.25) is 0 Å². The largest absolute Gasteiger partial charge is 0.497 e. The van der Waals surface area contributed by atoms with Crippen molar-refractivity contribution in [2.24, 2.45) is 20.6 Å². The van der Waals surface area contributed by atoms with E-state index in [2.05, 4.69) is 9.71 Å². The van der Waals surface area contributed by atoms with Crippen molar-refractivity contribution in [2.45, 2.75) is 30.7 Å². The maximum Gasteiger partial charge on any atom is 0.285 e. The molecule has 0 fully saturated rings. The summed E-state index contributed by atoms with van der Waals surface area (Å²) in [6.45, 7) is 3.85. The summed E-state index contributed by atoms with van der Waals surface area (Å²) in [4.78, 5) is -0.0769. The average molecular weight is 618 g/mol. The minimum atomic E-state index is -4.24. The minimum Gasteiger partial charge on any atom is -0.497 e. The molecule has 0 amide bonds. The summed E-state index contributed by atoms with van der Waals surface area (Å²) < 4.78 is 60.3. The van der Waals surface area contributed by atoms with Crippen molar-refractivity contribution in [3.05, 3.63) is 95.0 Å². The first-order chi connectivity index (χ1) is 19.4. The molecule has 13 heteroatoms. The fourth-order valence-corrected chi connectivity index (χ4v) is 6.40. The summed E-state index contributed by atoms with van der Waals surface area (Å²) in [6, 6.07) is 22.0. The zero-order valence-electron chi connectivity index (χ0n) is 22.8. The topological polar surface area (TPSA) is 144 Å². The Bertz CT molecular complexity index is 1630. The predicted molar refractivity (Wildman–Crippen MR) is 161 cm³/mol. The second kappa shape index (κ2) is 12.6. The van der Waals surface area contributed by atoms with Crippen LogP contribution in [-0.4, -0.2) is 59.0 Å². The van der Waals surface area contributed by atoms with Gasteiger partial charge < -0.3 is 10.1 Å². The molecule has 1 aliphatic heterocycles. The normalized spacial score (nSPS) is 16.9. The van der Waals surface area contributed by atoms with Crippen LogP contribution >= 0.6 is 11.6 Å². The van der Waals surface area contributed by atoms with Crippen LogP contribution in [-0.2, 0) is 20.0 Å². The van der Waals surface area contributed by atoms with Crippen molar-refractivity contribution in [3.63, 3.8) is 0 Å². The standard InChI is InChI=1S/C28H32ClN5O5S2/c1-19(2)26(18-40(30,35)36)31-28(33-41(37,38)24-15-11-22(29)12-16-24)34-17-25(20-7-5-4-6-8-20)27(32-34)21-9-13-23(39-3)14-10-21/h4-16,19,25-26H,17-18H2,1-3H3,(H,31,33)(H2,30,35,36)/t25-,26?/m0/s1. The van der Waals surface area contributed by atoms with Crippen LogP contribution in [0.2, 0.25) is 5.02 Å². The van der Waals surface area contributed by atoms with Gasteiger partial charge in [0.05, 0.1) is 30.0 Å². The first kappa shape index (κ1) is 30.5. The third-order valence-corrected chi connectivity index (χ3v) is 8.95. The SMILES string of the molecule is COc1ccc(C2=NN(/C(=N/S(=O)(=O)c3ccc(Cl)cc3)NC(CS(N)(=O)=O)C(C)C)C[C@H]2c2ccccc2)cc1. The van der Waals surface area contributed by atoms with Crippen LogP contribution in [0.5, 0.6) is 5.75 Å². The van der Waals surface area contributed by atoms with Gasteiger partial charge in [0, 0.05) is 17.0 Å². The number of hydrogen-bond acceptors (Lipinski definition) is 6. The Morgan fingerprint density at radius 3 is 2.24 bits per heavy atom. The minimum absolute atomic E-state index is 0.0769. The number of nitrogens with two attached hydrogens (primary N) is 1. The number of methoxy groups -OCH3 is 1. The van der Waals surface area contributed by atoms with Gasteiger partial charge in [0.1, 0.15) is 5.75 Å². The van der Waals surface area contributed by atoms with E-state index in [1.807, 2.05) is 54.6 Å². The zero-order chi connectivity index (χ0) is 29.8. The summed E-state index contributed by atoms with van der Waals surface area (Å²) in [5.74, 6) is -0.358. The molecule has 0 spiro atoms. The van der Waals surface area contributed by atoms with E-state index >= 15 is 0 Å². The molecule has 0 saturated heterocycles. The van der Waals surface area contributed by atoms with E-state index in [0.29, 0.717) is 16.5 Å². The molecule has 3 aromatic rings. The molecule has 1 unspecified atom stereocenters. The van der Waals surface area contributed by atoms with E-state index in [1.54, 1.807) is 21.0 Å². The molecule has 0 aromatic heterocycles. The fourth-order valence-electron chi connectivity index (χ4n) is 4.34. The Labute approximate surface area is 246 Å². The lowest BCUT2D eigenvalue weighted by molar-refractivity contribution is 0.414. The number of rotatable bonds is 9. The number of sulfonamides is 2. The summed E-state index contributed by atoms with van der Waals surface area (Å²) in [5.41, 5.74) is 2.46. The molecule has 1 heterocycles. The van der Waals surface area contributed by atoms with E-state index in [4.69, 9.17) is 26.6 Å². The highest BCUT2D eigenvalue weighted by Crippen LogP contribution is 2.30. The van der Waals surface area contributed by atoms with E-state index in [9.17, 15) is 16.8 Å². The lowest BCUT2D eigenvalue weighted by atomic mass is 9.90. The van der Waals surface area contributed by atoms with Gasteiger partial charge in [-0.05, 0) is 65.6 Å². The number of hydrogen-bond donors (Lipinski definition) is 2. The zero-order valence-corrected chi connectivity index (χ0v) is 25.2. The molecule has 0 aliphatic carbocycles. The van der Waals surface area contributed by atoms with Crippen LogP contribution in [0.1, 0.15) is 30.9 Å². The Morgan fingerprint density at radius 2 is 1.68 bits per heavy atom. The fraction of sp³-hybridized carbons (Fsp3) is 0.286. The third kappa shape index (κ3) is 7.85. The number of nitrogens with one attached hydrogen (secondary N) is 1. The quantitative estimate of drug-likeness (QED) is 0.275. The molecule has 3 aromatic carbocycles. The van der Waals surface area contributed by atoms with Gasteiger partial charge >= 0.3 is 0 Å². The predicted octanol–water partition coefficient (Wildman–Crippen LogP) is 3.80. The molecule has 1 aliphatic rings. The number of halogens is 1. The number of ether oxygens (including phenoxy) is 1. The molecule has 2 atom stereocenters. The Balaban J connectivity index is 1.83. The molecule has 0 bridgehead atoms. The summed E-state index contributed by atoms with van der Waals surface area (Å²) in [6.07, 6.45) is 0. The number of nitrogens with zero attached hydrogens (tertiary/aromatic N) is 3. The molecule has 218 valence electrons. The van der Waals surface area contributed by atoms with Gasteiger partial charge in [0.15, 0.2) is 0 Å². The summed E-state index contributed by atoms with van der Waals surface area (Å²) in [5, 5.41) is 15.1. The van der Waals surface area contributed by atoms with Crippen LogP contribution in [0.15, 0.2) is 93.3 Å². The van der Waals surface area contributed by atoms with Crippen molar-refractivity contribution >= 4 is 43.3 Å². The summed E-state index contributed by atoms with van der Waals surface area (Å²) >= 11 is 5.96. The lowest BCUT2D eigenvalue weighted by Gasteiger charge is -2.27. The van der Waals surface area contributed by atoms with Gasteiger partial charge in [-0.25, -0.2) is 18.6 Å². The monoisotopic (exact) mass is 617 g/mol. The molecule has 10 nitrogen and oxygen atoms in total. The first-order valence-corrected chi connectivity index (χ1v) is 16.3. The highest BCUT2D eigenvalue weighted by atomic mass is 35.5. The maximum atomic E-state index is 13.4. The van der Waals surface area contributed by atoms with Crippen LogP contribution < -0.4 is 15.2 Å². The van der Waals surface area contributed by atoms with Crippen molar-refractivity contribution in [1.82, 2.24) is 10.3 Å². The lowest BCUT2D eigenvalue weighted by Crippen LogP contribution is -2.49. The molecular weight excluding hydrogens is 586 g/mol. The maximum absolute atomic E-state index is 13.4. The second-order valence-corrected chi connectivity index (χ2v) is 13.6. The first-order valence-electron chi connectivity index (χ1n) is 12.8. The van der Waals surface area contributed by atoms with Gasteiger partial charge in [-0.1, -0.05) is 55.8 Å². The van der Waals surface area contributed by atoms with E-state index < -0.39 is 31.8 Å². The number of benzene rings is 3. The molecule has 41 heavy (non-hydrogen) atoms. The Kier molecular flexibility index (Phi) is 9.37. The highest BCUT2D eigenvalue weighted by molar-refractivity contribution is 7.90. The molecule has 3 N–H and O–H groups in total. The summed E-state index contributed by atoms with van der Waals surface area (Å²) in [7, 11) is -6.56. The highest BCUT2D eigenvalue weighted by Gasteiger charge is 2.34. The van der Waals surface area contributed by atoms with Crippen LogP contribution in [0.4, 0.5) is 0 Å². The number of guanidine groups is 1. The van der Waals surface area contributed by atoms with E-state index in [1.165, 1.54) is 29.3 Å². The molecule has 0 radical (unpaired) electrons. The molecular formula is C28H32ClN5O5S2. The van der Waals surface area contributed by atoms with Gasteiger partial charge in [0.2, 0.25) is 16.0 Å². The number of hydrazone groups is 1. The van der Waals surface area contributed by atoms with Gasteiger partial charge in [-0.15, -0.1) is 4.40 Å². The van der Waals surface area contributed by atoms with E-state index in [0.717, 1.165) is 11.1 Å². The third-order valence-electron chi connectivity index (χ3n) is 6.60. The molecule has 0 saturated carbocycles. The van der Waals surface area contributed by atoms with Gasteiger partial charge in [-0.2, -0.15) is 13.5 Å². The van der Waals surface area contributed by atoms with Crippen LogP contribution in [0.25, 0.3) is 0 Å².